The van der Waals surface area contributed by atoms with Gasteiger partial charge in [-0.15, -0.1) is 0 Å². The van der Waals surface area contributed by atoms with Gasteiger partial charge in [-0.1, -0.05) is 51.1 Å². The van der Waals surface area contributed by atoms with Gasteiger partial charge in [-0.2, -0.15) is 0 Å². The average Bonchev–Trinajstić information content (AvgIpc) is 3.07. The fourth-order valence-corrected chi connectivity index (χ4v) is 3.71. The number of hydrogen-bond acceptors (Lipinski definition) is 5. The molecule has 1 N–H and O–H groups in total. The van der Waals surface area contributed by atoms with Crippen molar-refractivity contribution in [3.8, 4) is 0 Å². The van der Waals surface area contributed by atoms with Crippen molar-refractivity contribution in [2.75, 3.05) is 26.0 Å². The van der Waals surface area contributed by atoms with E-state index in [1.165, 1.54) is 0 Å². The minimum absolute atomic E-state index is 0.0127. The highest BCUT2D eigenvalue weighted by molar-refractivity contribution is 5.81. The average molecular weight is 410 g/mol. The molecule has 3 rings (SSSR count). The normalized spacial score (nSPS) is 16.6. The van der Waals surface area contributed by atoms with Gasteiger partial charge in [-0.25, -0.2) is 9.97 Å². The van der Waals surface area contributed by atoms with E-state index in [0.717, 1.165) is 11.3 Å². The van der Waals surface area contributed by atoms with Crippen molar-refractivity contribution in [2.45, 2.75) is 46.2 Å². The van der Waals surface area contributed by atoms with Gasteiger partial charge in [0.15, 0.2) is 0 Å². The zero-order valence-electron chi connectivity index (χ0n) is 18.5. The zero-order valence-corrected chi connectivity index (χ0v) is 18.5. The monoisotopic (exact) mass is 409 g/mol. The molecule has 1 aliphatic rings. The summed E-state index contributed by atoms with van der Waals surface area (Å²) in [6.07, 6.45) is 0.434. The number of carbonyl (C=O) groups excluding carboxylic acids is 2. The van der Waals surface area contributed by atoms with E-state index in [-0.39, 0.29) is 17.7 Å². The van der Waals surface area contributed by atoms with Gasteiger partial charge in [0.05, 0.1) is 12.2 Å². The first-order chi connectivity index (χ1) is 14.2. The number of carbonyl (C=O) groups is 2. The van der Waals surface area contributed by atoms with Crippen LogP contribution in [0.5, 0.6) is 0 Å². The Bertz CT molecular complexity index is 908. The molecule has 1 saturated heterocycles. The molecule has 2 heterocycles. The summed E-state index contributed by atoms with van der Waals surface area (Å²) in [6.45, 7) is 7.25. The summed E-state index contributed by atoms with van der Waals surface area (Å²) in [5, 5.41) is 3.07. The Balaban J connectivity index is 1.76. The SMILES string of the molecule is CNc1cc(C2CC(=O)N(Cc3ccccc3)C2)nc(CN(C)C(=O)C(C)(C)C)n1. The largest absolute Gasteiger partial charge is 0.373 e. The van der Waals surface area contributed by atoms with E-state index < -0.39 is 5.41 Å². The molecule has 2 aromatic rings. The van der Waals surface area contributed by atoms with E-state index in [9.17, 15) is 9.59 Å². The van der Waals surface area contributed by atoms with Gasteiger partial charge < -0.3 is 15.1 Å². The predicted octanol–water partition coefficient (Wildman–Crippen LogP) is 3.04. The summed E-state index contributed by atoms with van der Waals surface area (Å²) in [5.41, 5.74) is 1.49. The van der Waals surface area contributed by atoms with Crippen molar-refractivity contribution in [1.82, 2.24) is 19.8 Å². The molecular formula is C23H31N5O2. The van der Waals surface area contributed by atoms with Crippen LogP contribution in [0.2, 0.25) is 0 Å². The molecule has 0 aliphatic carbocycles. The summed E-state index contributed by atoms with van der Waals surface area (Å²) in [5.74, 6) is 1.45. The second-order valence-electron chi connectivity index (χ2n) is 8.92. The van der Waals surface area contributed by atoms with Gasteiger partial charge in [0.1, 0.15) is 11.6 Å². The number of anilines is 1. The molecule has 160 valence electrons. The van der Waals surface area contributed by atoms with Crippen LogP contribution in [-0.4, -0.2) is 52.2 Å². The van der Waals surface area contributed by atoms with E-state index >= 15 is 0 Å². The number of nitrogens with one attached hydrogen (secondary N) is 1. The second-order valence-corrected chi connectivity index (χ2v) is 8.92. The minimum atomic E-state index is -0.464. The van der Waals surface area contributed by atoms with Crippen molar-refractivity contribution in [3.05, 3.63) is 53.5 Å². The summed E-state index contributed by atoms with van der Waals surface area (Å²) >= 11 is 0. The first-order valence-electron chi connectivity index (χ1n) is 10.3. The molecule has 1 atom stereocenters. The number of amides is 2. The highest BCUT2D eigenvalue weighted by atomic mass is 16.2. The number of benzene rings is 1. The Morgan fingerprint density at radius 2 is 1.93 bits per heavy atom. The molecule has 0 saturated carbocycles. The van der Waals surface area contributed by atoms with Gasteiger partial charge in [-0.05, 0) is 5.56 Å². The molecule has 0 bridgehead atoms. The number of likely N-dealkylation sites (tertiary alicyclic amines) is 1. The molecule has 2 amide bonds. The van der Waals surface area contributed by atoms with Crippen LogP contribution in [0.4, 0.5) is 5.82 Å². The van der Waals surface area contributed by atoms with E-state index in [0.29, 0.717) is 37.7 Å². The van der Waals surface area contributed by atoms with Crippen molar-refractivity contribution >= 4 is 17.6 Å². The van der Waals surface area contributed by atoms with E-state index in [1.807, 2.05) is 62.1 Å². The summed E-state index contributed by atoms with van der Waals surface area (Å²) in [6, 6.07) is 11.9. The van der Waals surface area contributed by atoms with Crippen LogP contribution in [0.3, 0.4) is 0 Å². The lowest BCUT2D eigenvalue weighted by Crippen LogP contribution is -2.36. The number of rotatable bonds is 6. The van der Waals surface area contributed by atoms with E-state index in [2.05, 4.69) is 10.3 Å². The topological polar surface area (TPSA) is 78.4 Å². The highest BCUT2D eigenvalue weighted by Gasteiger charge is 2.32. The van der Waals surface area contributed by atoms with Crippen molar-refractivity contribution in [3.63, 3.8) is 0 Å². The smallest absolute Gasteiger partial charge is 0.228 e. The molecule has 1 fully saturated rings. The molecule has 1 aromatic carbocycles. The number of aromatic nitrogens is 2. The van der Waals surface area contributed by atoms with Crippen molar-refractivity contribution < 1.29 is 9.59 Å². The number of hydrogen-bond donors (Lipinski definition) is 1. The molecule has 1 unspecified atom stereocenters. The van der Waals surface area contributed by atoms with Crippen LogP contribution in [0.1, 0.15) is 50.2 Å². The standard InChI is InChI=1S/C23H31N5O2/c1-23(2,3)22(30)27(5)15-20-25-18(12-19(24-4)26-20)17-11-21(29)28(14-17)13-16-9-7-6-8-10-16/h6-10,12,17H,11,13-15H2,1-5H3,(H,24,25,26). The molecule has 0 radical (unpaired) electrons. The molecule has 1 aromatic heterocycles. The van der Waals surface area contributed by atoms with Crippen molar-refractivity contribution in [1.29, 1.82) is 0 Å². The van der Waals surface area contributed by atoms with Crippen LogP contribution in [0, 0.1) is 5.41 Å². The maximum Gasteiger partial charge on any atom is 0.228 e. The van der Waals surface area contributed by atoms with Crippen LogP contribution in [-0.2, 0) is 22.7 Å². The van der Waals surface area contributed by atoms with Crippen LogP contribution >= 0.6 is 0 Å². The van der Waals surface area contributed by atoms with E-state index in [4.69, 9.17) is 4.98 Å². The fraction of sp³-hybridized carbons (Fsp3) is 0.478. The molecular weight excluding hydrogens is 378 g/mol. The first-order valence-corrected chi connectivity index (χ1v) is 10.3. The lowest BCUT2D eigenvalue weighted by atomic mass is 9.95. The third-order valence-corrected chi connectivity index (χ3v) is 5.26. The Kier molecular flexibility index (Phi) is 6.39. The molecule has 1 aliphatic heterocycles. The lowest BCUT2D eigenvalue weighted by molar-refractivity contribution is -0.138. The van der Waals surface area contributed by atoms with Gasteiger partial charge in [0, 0.05) is 51.0 Å². The molecule has 0 spiro atoms. The fourth-order valence-electron chi connectivity index (χ4n) is 3.71. The highest BCUT2D eigenvalue weighted by Crippen LogP contribution is 2.29. The Labute approximate surface area is 178 Å². The Morgan fingerprint density at radius 1 is 1.23 bits per heavy atom. The van der Waals surface area contributed by atoms with Gasteiger partial charge in [0.2, 0.25) is 11.8 Å². The third-order valence-electron chi connectivity index (χ3n) is 5.26. The van der Waals surface area contributed by atoms with Gasteiger partial charge >= 0.3 is 0 Å². The molecule has 7 heteroatoms. The van der Waals surface area contributed by atoms with Crippen molar-refractivity contribution in [2.24, 2.45) is 5.41 Å². The quantitative estimate of drug-likeness (QED) is 0.793. The van der Waals surface area contributed by atoms with E-state index in [1.54, 1.807) is 19.0 Å². The maximum absolute atomic E-state index is 12.6. The molecule has 30 heavy (non-hydrogen) atoms. The Morgan fingerprint density at radius 3 is 2.57 bits per heavy atom. The minimum Gasteiger partial charge on any atom is -0.373 e. The maximum atomic E-state index is 12.6. The summed E-state index contributed by atoms with van der Waals surface area (Å²) in [4.78, 5) is 37.9. The Hall–Kier alpha value is -2.96. The second kappa shape index (κ2) is 8.81. The summed E-state index contributed by atoms with van der Waals surface area (Å²) in [7, 11) is 3.57. The number of nitrogens with zero attached hydrogens (tertiary/aromatic N) is 4. The van der Waals surface area contributed by atoms with Gasteiger partial charge in [-0.3, -0.25) is 9.59 Å². The first kappa shape index (κ1) is 21.7. The van der Waals surface area contributed by atoms with Crippen LogP contribution < -0.4 is 5.32 Å². The zero-order chi connectivity index (χ0) is 21.9. The van der Waals surface area contributed by atoms with Gasteiger partial charge in [0.25, 0.3) is 0 Å². The predicted molar refractivity (Wildman–Crippen MR) is 117 cm³/mol. The lowest BCUT2D eigenvalue weighted by Gasteiger charge is -2.25. The van der Waals surface area contributed by atoms with Crippen LogP contribution in [0.25, 0.3) is 0 Å². The summed E-state index contributed by atoms with van der Waals surface area (Å²) < 4.78 is 0. The third kappa shape index (κ3) is 5.14. The molecule has 7 nitrogen and oxygen atoms in total. The van der Waals surface area contributed by atoms with Crippen LogP contribution in [0.15, 0.2) is 36.4 Å².